The van der Waals surface area contributed by atoms with Crippen molar-refractivity contribution in [1.82, 2.24) is 10.3 Å². The SMILES string of the molecule is Cc1cccc(NC(=S)NC(C(C)C)C(C)C)n1. The number of aryl methyl sites for hydroxylation is 1. The predicted octanol–water partition coefficient (Wildman–Crippen LogP) is 3.36. The van der Waals surface area contributed by atoms with Crippen molar-refractivity contribution in [2.75, 3.05) is 5.32 Å². The highest BCUT2D eigenvalue weighted by Crippen LogP contribution is 2.12. The van der Waals surface area contributed by atoms with Crippen molar-refractivity contribution in [2.24, 2.45) is 11.8 Å². The summed E-state index contributed by atoms with van der Waals surface area (Å²) in [4.78, 5) is 4.37. The molecule has 3 nitrogen and oxygen atoms in total. The zero-order valence-electron chi connectivity index (χ0n) is 11.8. The van der Waals surface area contributed by atoms with E-state index in [-0.39, 0.29) is 0 Å². The third-order valence-corrected chi connectivity index (χ3v) is 3.08. The second-order valence-electron chi connectivity index (χ2n) is 5.28. The first-order valence-corrected chi connectivity index (χ1v) is 6.82. The molecule has 2 N–H and O–H groups in total. The van der Waals surface area contributed by atoms with Crippen molar-refractivity contribution in [3.63, 3.8) is 0 Å². The van der Waals surface area contributed by atoms with Gasteiger partial charge in [-0.15, -0.1) is 0 Å². The van der Waals surface area contributed by atoms with Crippen molar-refractivity contribution in [3.05, 3.63) is 23.9 Å². The molecule has 0 spiro atoms. The van der Waals surface area contributed by atoms with E-state index in [9.17, 15) is 0 Å². The summed E-state index contributed by atoms with van der Waals surface area (Å²) in [6, 6.07) is 6.22. The van der Waals surface area contributed by atoms with Crippen LogP contribution in [0.5, 0.6) is 0 Å². The second-order valence-corrected chi connectivity index (χ2v) is 5.68. The lowest BCUT2D eigenvalue weighted by atomic mass is 9.93. The molecule has 1 aromatic heterocycles. The molecule has 0 amide bonds. The Morgan fingerprint density at radius 1 is 1.17 bits per heavy atom. The van der Waals surface area contributed by atoms with E-state index < -0.39 is 0 Å². The minimum absolute atomic E-state index is 0.370. The Labute approximate surface area is 115 Å². The number of nitrogens with one attached hydrogen (secondary N) is 2. The summed E-state index contributed by atoms with van der Waals surface area (Å²) < 4.78 is 0. The zero-order valence-corrected chi connectivity index (χ0v) is 12.6. The van der Waals surface area contributed by atoms with E-state index in [0.717, 1.165) is 11.5 Å². The number of thiocarbonyl (C=S) groups is 1. The minimum Gasteiger partial charge on any atom is -0.359 e. The Hall–Kier alpha value is -1.16. The van der Waals surface area contributed by atoms with Gasteiger partial charge in [0.05, 0.1) is 0 Å². The van der Waals surface area contributed by atoms with Crippen LogP contribution >= 0.6 is 12.2 Å². The number of pyridine rings is 1. The lowest BCUT2D eigenvalue weighted by Gasteiger charge is -2.27. The molecule has 0 atom stereocenters. The van der Waals surface area contributed by atoms with Crippen molar-refractivity contribution in [2.45, 2.75) is 40.7 Å². The van der Waals surface area contributed by atoms with Crippen molar-refractivity contribution in [1.29, 1.82) is 0 Å². The molecule has 1 heterocycles. The number of hydrogen-bond acceptors (Lipinski definition) is 2. The molecule has 0 fully saturated rings. The van der Waals surface area contributed by atoms with E-state index in [1.54, 1.807) is 0 Å². The monoisotopic (exact) mass is 265 g/mol. The topological polar surface area (TPSA) is 37.0 Å². The maximum Gasteiger partial charge on any atom is 0.172 e. The standard InChI is InChI=1S/C14H23N3S/c1-9(2)13(10(3)4)17-14(18)16-12-8-6-7-11(5)15-12/h6-10,13H,1-5H3,(H2,15,16,17,18). The van der Waals surface area contributed by atoms with Gasteiger partial charge in [0.1, 0.15) is 5.82 Å². The summed E-state index contributed by atoms with van der Waals surface area (Å²) in [5.41, 5.74) is 0.979. The van der Waals surface area contributed by atoms with Crippen LogP contribution in [0, 0.1) is 18.8 Å². The number of anilines is 1. The lowest BCUT2D eigenvalue weighted by molar-refractivity contribution is 0.356. The average Bonchev–Trinajstić information content (AvgIpc) is 2.25. The van der Waals surface area contributed by atoms with Gasteiger partial charge in [0, 0.05) is 11.7 Å². The van der Waals surface area contributed by atoms with Gasteiger partial charge in [-0.3, -0.25) is 0 Å². The summed E-state index contributed by atoms with van der Waals surface area (Å²) in [6.45, 7) is 10.8. The molecule has 0 saturated heterocycles. The van der Waals surface area contributed by atoms with E-state index in [0.29, 0.717) is 23.0 Å². The Balaban J connectivity index is 2.61. The molecule has 0 aliphatic rings. The fourth-order valence-electron chi connectivity index (χ4n) is 2.02. The summed E-state index contributed by atoms with van der Waals surface area (Å²) >= 11 is 5.33. The second kappa shape index (κ2) is 6.69. The maximum absolute atomic E-state index is 5.33. The van der Waals surface area contributed by atoms with Gasteiger partial charge in [0.2, 0.25) is 0 Å². The van der Waals surface area contributed by atoms with E-state index in [1.807, 2.05) is 25.1 Å². The molecular weight excluding hydrogens is 242 g/mol. The van der Waals surface area contributed by atoms with E-state index in [2.05, 4.69) is 43.3 Å². The smallest absolute Gasteiger partial charge is 0.172 e. The number of aromatic nitrogens is 1. The molecule has 100 valence electrons. The third kappa shape index (κ3) is 4.61. The Morgan fingerprint density at radius 2 is 1.78 bits per heavy atom. The fourth-order valence-corrected chi connectivity index (χ4v) is 2.26. The summed E-state index contributed by atoms with van der Waals surface area (Å²) in [5.74, 6) is 1.86. The average molecular weight is 265 g/mol. The quantitative estimate of drug-likeness (QED) is 0.819. The number of rotatable bonds is 4. The largest absolute Gasteiger partial charge is 0.359 e. The van der Waals surface area contributed by atoms with Crippen LogP contribution in [0.25, 0.3) is 0 Å². The molecule has 4 heteroatoms. The van der Waals surface area contributed by atoms with Crippen molar-refractivity contribution in [3.8, 4) is 0 Å². The molecule has 0 bridgehead atoms. The fraction of sp³-hybridized carbons (Fsp3) is 0.571. The van der Waals surface area contributed by atoms with Gasteiger partial charge in [-0.1, -0.05) is 33.8 Å². The first-order chi connectivity index (χ1) is 8.40. The minimum atomic E-state index is 0.370. The third-order valence-electron chi connectivity index (χ3n) is 2.86. The van der Waals surface area contributed by atoms with Gasteiger partial charge in [-0.2, -0.15) is 0 Å². The summed E-state index contributed by atoms with van der Waals surface area (Å²) in [6.07, 6.45) is 0. The highest BCUT2D eigenvalue weighted by Gasteiger charge is 2.18. The Kier molecular flexibility index (Phi) is 5.54. The molecule has 0 aromatic carbocycles. The van der Waals surface area contributed by atoms with Gasteiger partial charge in [-0.05, 0) is 43.1 Å². The van der Waals surface area contributed by atoms with Crippen LogP contribution < -0.4 is 10.6 Å². The van der Waals surface area contributed by atoms with Crippen LogP contribution in [0.1, 0.15) is 33.4 Å². The van der Waals surface area contributed by atoms with Crippen LogP contribution in [-0.2, 0) is 0 Å². The molecule has 0 aliphatic carbocycles. The van der Waals surface area contributed by atoms with E-state index in [4.69, 9.17) is 12.2 Å². The maximum atomic E-state index is 5.33. The van der Waals surface area contributed by atoms with Gasteiger partial charge in [-0.25, -0.2) is 4.98 Å². The van der Waals surface area contributed by atoms with Crippen LogP contribution in [-0.4, -0.2) is 16.1 Å². The Morgan fingerprint density at radius 3 is 2.28 bits per heavy atom. The van der Waals surface area contributed by atoms with Crippen molar-refractivity contribution < 1.29 is 0 Å². The lowest BCUT2D eigenvalue weighted by Crippen LogP contribution is -2.44. The highest BCUT2D eigenvalue weighted by atomic mass is 32.1. The van der Waals surface area contributed by atoms with Crippen LogP contribution in [0.15, 0.2) is 18.2 Å². The van der Waals surface area contributed by atoms with Crippen LogP contribution in [0.2, 0.25) is 0 Å². The molecule has 0 saturated carbocycles. The predicted molar refractivity (Wildman–Crippen MR) is 81.8 cm³/mol. The van der Waals surface area contributed by atoms with Crippen LogP contribution in [0.4, 0.5) is 5.82 Å². The molecule has 0 radical (unpaired) electrons. The van der Waals surface area contributed by atoms with Gasteiger partial charge < -0.3 is 10.6 Å². The molecule has 0 unspecified atom stereocenters. The summed E-state index contributed by atoms with van der Waals surface area (Å²) in [5, 5.41) is 7.14. The van der Waals surface area contributed by atoms with Gasteiger partial charge >= 0.3 is 0 Å². The summed E-state index contributed by atoms with van der Waals surface area (Å²) in [7, 11) is 0. The van der Waals surface area contributed by atoms with E-state index >= 15 is 0 Å². The number of hydrogen-bond donors (Lipinski definition) is 2. The Bertz CT molecular complexity index is 394. The number of nitrogens with zero attached hydrogens (tertiary/aromatic N) is 1. The molecular formula is C14H23N3S. The first-order valence-electron chi connectivity index (χ1n) is 6.41. The molecule has 1 rings (SSSR count). The first kappa shape index (κ1) is 14.9. The van der Waals surface area contributed by atoms with Crippen LogP contribution in [0.3, 0.4) is 0 Å². The van der Waals surface area contributed by atoms with Crippen molar-refractivity contribution >= 4 is 23.1 Å². The normalized spacial score (nSPS) is 11.1. The van der Waals surface area contributed by atoms with Gasteiger partial charge in [0.15, 0.2) is 5.11 Å². The zero-order chi connectivity index (χ0) is 13.7. The molecule has 0 aliphatic heterocycles. The highest BCUT2D eigenvalue weighted by molar-refractivity contribution is 7.80. The molecule has 1 aromatic rings. The van der Waals surface area contributed by atoms with E-state index in [1.165, 1.54) is 0 Å². The van der Waals surface area contributed by atoms with Gasteiger partial charge in [0.25, 0.3) is 0 Å². The molecule has 18 heavy (non-hydrogen) atoms.